The summed E-state index contributed by atoms with van der Waals surface area (Å²) in [5.41, 5.74) is 4.16. The van der Waals surface area contributed by atoms with Gasteiger partial charge in [-0.15, -0.1) is 5.10 Å². The molecule has 8 heteroatoms. The molecule has 29 heavy (non-hydrogen) atoms. The van der Waals surface area contributed by atoms with Gasteiger partial charge in [0.05, 0.1) is 24.9 Å². The summed E-state index contributed by atoms with van der Waals surface area (Å²) in [6, 6.07) is 9.80. The minimum Gasteiger partial charge on any atom is -0.491 e. The fourth-order valence-corrected chi connectivity index (χ4v) is 3.47. The van der Waals surface area contributed by atoms with E-state index < -0.39 is 0 Å². The van der Waals surface area contributed by atoms with Crippen LogP contribution in [0.5, 0.6) is 5.75 Å². The van der Waals surface area contributed by atoms with Crippen molar-refractivity contribution in [3.8, 4) is 16.9 Å². The molecule has 3 heterocycles. The van der Waals surface area contributed by atoms with Crippen molar-refractivity contribution < 1.29 is 14.3 Å². The largest absolute Gasteiger partial charge is 0.491 e. The van der Waals surface area contributed by atoms with E-state index in [9.17, 15) is 4.79 Å². The number of hydrogen-bond donors (Lipinski definition) is 1. The van der Waals surface area contributed by atoms with Crippen LogP contribution in [-0.4, -0.2) is 52.3 Å². The Hall–Kier alpha value is -3.26. The first kappa shape index (κ1) is 19.1. The number of methoxy groups -OCH3 is 1. The summed E-state index contributed by atoms with van der Waals surface area (Å²) in [7, 11) is 1.62. The van der Waals surface area contributed by atoms with E-state index in [1.54, 1.807) is 26.4 Å². The maximum atomic E-state index is 12.8. The number of carbonyl (C=O) groups excluding carboxylic acids is 1. The Kier molecular flexibility index (Phi) is 5.53. The molecule has 0 bridgehead atoms. The number of benzene rings is 1. The zero-order valence-electron chi connectivity index (χ0n) is 16.5. The molecule has 1 amide bonds. The van der Waals surface area contributed by atoms with E-state index in [-0.39, 0.29) is 11.9 Å². The third-order valence-electron chi connectivity index (χ3n) is 4.88. The Morgan fingerprint density at radius 1 is 1.28 bits per heavy atom. The summed E-state index contributed by atoms with van der Waals surface area (Å²) < 4.78 is 11.0. The van der Waals surface area contributed by atoms with Crippen LogP contribution in [0.25, 0.3) is 11.1 Å². The molecular weight excluding hydrogens is 370 g/mol. The predicted molar refractivity (Wildman–Crippen MR) is 107 cm³/mol. The molecule has 1 atom stereocenters. The van der Waals surface area contributed by atoms with Gasteiger partial charge in [-0.3, -0.25) is 9.78 Å². The highest BCUT2D eigenvalue weighted by Gasteiger charge is 2.26. The van der Waals surface area contributed by atoms with Gasteiger partial charge in [0.1, 0.15) is 12.4 Å². The molecule has 0 aliphatic carbocycles. The van der Waals surface area contributed by atoms with Gasteiger partial charge in [0, 0.05) is 31.5 Å². The Morgan fingerprint density at radius 3 is 2.90 bits per heavy atom. The van der Waals surface area contributed by atoms with Crippen LogP contribution in [0.3, 0.4) is 0 Å². The van der Waals surface area contributed by atoms with Gasteiger partial charge in [-0.1, -0.05) is 12.1 Å². The standard InChI is InChI=1S/C21H23N5O3/c1-14-20(25-26(24-14)10-11-28-2)21(27)23-16-12-18-17(15-6-8-22-9-7-15)4-3-5-19(18)29-13-16/h3-9,16H,10-13H2,1-2H3,(H,23,27)/t16-/m0/s1. The van der Waals surface area contributed by atoms with Crippen molar-refractivity contribution in [2.45, 2.75) is 25.9 Å². The Bertz CT molecular complexity index is 1000. The maximum Gasteiger partial charge on any atom is 0.274 e. The van der Waals surface area contributed by atoms with Crippen molar-refractivity contribution in [3.63, 3.8) is 0 Å². The third kappa shape index (κ3) is 4.12. The first-order valence-corrected chi connectivity index (χ1v) is 9.52. The van der Waals surface area contributed by atoms with E-state index in [1.165, 1.54) is 4.80 Å². The van der Waals surface area contributed by atoms with Crippen LogP contribution in [0.1, 0.15) is 21.7 Å². The van der Waals surface area contributed by atoms with Crippen LogP contribution in [-0.2, 0) is 17.7 Å². The first-order chi connectivity index (χ1) is 14.2. The highest BCUT2D eigenvalue weighted by atomic mass is 16.5. The second kappa shape index (κ2) is 8.40. The van der Waals surface area contributed by atoms with E-state index in [0.717, 1.165) is 22.4 Å². The quantitative estimate of drug-likeness (QED) is 0.689. The Balaban J connectivity index is 1.51. The van der Waals surface area contributed by atoms with Gasteiger partial charge in [-0.2, -0.15) is 9.90 Å². The first-order valence-electron chi connectivity index (χ1n) is 9.52. The molecule has 2 aromatic heterocycles. The van der Waals surface area contributed by atoms with Crippen LogP contribution in [0.2, 0.25) is 0 Å². The number of nitrogens with one attached hydrogen (secondary N) is 1. The van der Waals surface area contributed by atoms with Gasteiger partial charge in [0.25, 0.3) is 5.91 Å². The summed E-state index contributed by atoms with van der Waals surface area (Å²) in [6.07, 6.45) is 4.22. The van der Waals surface area contributed by atoms with E-state index in [2.05, 4.69) is 26.6 Å². The van der Waals surface area contributed by atoms with Gasteiger partial charge in [0.15, 0.2) is 5.69 Å². The second-order valence-corrected chi connectivity index (χ2v) is 6.93. The zero-order chi connectivity index (χ0) is 20.2. The lowest BCUT2D eigenvalue weighted by molar-refractivity contribution is 0.0908. The monoisotopic (exact) mass is 393 g/mol. The fourth-order valence-electron chi connectivity index (χ4n) is 3.47. The molecule has 0 saturated carbocycles. The minimum atomic E-state index is -0.246. The number of aryl methyl sites for hydroxylation is 1. The number of nitrogens with zero attached hydrogens (tertiary/aromatic N) is 4. The maximum absolute atomic E-state index is 12.8. The summed E-state index contributed by atoms with van der Waals surface area (Å²) in [6.45, 7) is 3.18. The Labute approximate surface area is 168 Å². The fraction of sp³-hybridized carbons (Fsp3) is 0.333. The molecule has 4 rings (SSSR count). The van der Waals surface area contributed by atoms with Crippen molar-refractivity contribution >= 4 is 5.91 Å². The van der Waals surface area contributed by atoms with Crippen molar-refractivity contribution in [1.82, 2.24) is 25.3 Å². The molecule has 0 fully saturated rings. The van der Waals surface area contributed by atoms with Crippen LogP contribution in [0.15, 0.2) is 42.7 Å². The molecule has 1 aromatic carbocycles. The minimum absolute atomic E-state index is 0.151. The molecule has 150 valence electrons. The molecular formula is C21H23N5O3. The van der Waals surface area contributed by atoms with E-state index >= 15 is 0 Å². The lowest BCUT2D eigenvalue weighted by Gasteiger charge is -2.27. The normalized spacial score (nSPS) is 15.4. The number of rotatable bonds is 6. The number of hydrogen-bond acceptors (Lipinski definition) is 6. The summed E-state index contributed by atoms with van der Waals surface area (Å²) in [5, 5.41) is 11.6. The molecule has 0 radical (unpaired) electrons. The third-order valence-corrected chi connectivity index (χ3v) is 4.88. The van der Waals surface area contributed by atoms with E-state index in [1.807, 2.05) is 24.3 Å². The number of aromatic nitrogens is 4. The van der Waals surface area contributed by atoms with E-state index in [0.29, 0.717) is 37.6 Å². The van der Waals surface area contributed by atoms with Crippen molar-refractivity contribution in [2.75, 3.05) is 20.3 Å². The molecule has 3 aromatic rings. The molecule has 0 saturated heterocycles. The van der Waals surface area contributed by atoms with Crippen LogP contribution in [0, 0.1) is 6.92 Å². The van der Waals surface area contributed by atoms with Crippen molar-refractivity contribution in [1.29, 1.82) is 0 Å². The smallest absolute Gasteiger partial charge is 0.274 e. The van der Waals surface area contributed by atoms with Gasteiger partial charge in [-0.05, 0) is 36.2 Å². The number of fused-ring (bicyclic) bond motifs is 1. The van der Waals surface area contributed by atoms with Gasteiger partial charge in [-0.25, -0.2) is 0 Å². The summed E-state index contributed by atoms with van der Waals surface area (Å²) >= 11 is 0. The van der Waals surface area contributed by atoms with Crippen LogP contribution >= 0.6 is 0 Å². The predicted octanol–water partition coefficient (Wildman–Crippen LogP) is 2.03. The lowest BCUT2D eigenvalue weighted by Crippen LogP contribution is -2.43. The second-order valence-electron chi connectivity index (χ2n) is 6.93. The van der Waals surface area contributed by atoms with Crippen LogP contribution < -0.4 is 10.1 Å². The number of pyridine rings is 1. The van der Waals surface area contributed by atoms with Crippen molar-refractivity contribution in [3.05, 3.63) is 59.7 Å². The molecule has 0 unspecified atom stereocenters. The SMILES string of the molecule is COCCn1nc(C)c(C(=O)N[C@@H]2COc3cccc(-c4ccncc4)c3C2)n1. The highest BCUT2D eigenvalue weighted by molar-refractivity contribution is 5.93. The summed E-state index contributed by atoms with van der Waals surface area (Å²) in [4.78, 5) is 18.3. The number of ether oxygens (including phenoxy) is 2. The average Bonchev–Trinajstić information content (AvgIpc) is 3.13. The highest BCUT2D eigenvalue weighted by Crippen LogP contribution is 2.34. The average molecular weight is 393 g/mol. The lowest BCUT2D eigenvalue weighted by atomic mass is 9.93. The molecule has 1 N–H and O–H groups in total. The molecule has 0 spiro atoms. The number of carbonyl (C=O) groups is 1. The van der Waals surface area contributed by atoms with Crippen LogP contribution in [0.4, 0.5) is 0 Å². The zero-order valence-corrected chi connectivity index (χ0v) is 16.5. The number of amides is 1. The van der Waals surface area contributed by atoms with Gasteiger partial charge in [0.2, 0.25) is 0 Å². The van der Waals surface area contributed by atoms with E-state index in [4.69, 9.17) is 9.47 Å². The van der Waals surface area contributed by atoms with Crippen molar-refractivity contribution in [2.24, 2.45) is 0 Å². The topological polar surface area (TPSA) is 91.2 Å². The molecule has 8 nitrogen and oxygen atoms in total. The van der Waals surface area contributed by atoms with Gasteiger partial charge >= 0.3 is 0 Å². The molecule has 1 aliphatic rings. The molecule has 1 aliphatic heterocycles. The Morgan fingerprint density at radius 2 is 2.10 bits per heavy atom. The summed E-state index contributed by atoms with van der Waals surface area (Å²) in [5.74, 6) is 0.608. The van der Waals surface area contributed by atoms with Gasteiger partial charge < -0.3 is 14.8 Å².